The number of carboxylic acid groups (broad SMARTS) is 1. The molecule has 6 nitrogen and oxygen atoms in total. The van der Waals surface area contributed by atoms with Crippen molar-refractivity contribution < 1.29 is 14.7 Å². The summed E-state index contributed by atoms with van der Waals surface area (Å²) in [6.07, 6.45) is 4.75. The van der Waals surface area contributed by atoms with Crippen molar-refractivity contribution in [3.8, 4) is 0 Å². The number of carbonyl (C=O) groups excluding carboxylic acids is 1. The van der Waals surface area contributed by atoms with Gasteiger partial charge < -0.3 is 10.4 Å². The van der Waals surface area contributed by atoms with Gasteiger partial charge in [0, 0.05) is 12.1 Å². The van der Waals surface area contributed by atoms with Crippen LogP contribution in [-0.4, -0.2) is 27.2 Å². The highest BCUT2D eigenvalue weighted by molar-refractivity contribution is 5.92. The lowest BCUT2D eigenvalue weighted by atomic mass is 10.0. The van der Waals surface area contributed by atoms with Crippen molar-refractivity contribution in [1.29, 1.82) is 0 Å². The molecule has 0 spiro atoms. The molecule has 2 atom stereocenters. The van der Waals surface area contributed by atoms with Gasteiger partial charge in [0.25, 0.3) is 0 Å². The van der Waals surface area contributed by atoms with Crippen LogP contribution in [0.4, 0.5) is 5.69 Å². The van der Waals surface area contributed by atoms with E-state index in [1.54, 1.807) is 6.20 Å². The summed E-state index contributed by atoms with van der Waals surface area (Å²) in [7, 11) is 0. The fourth-order valence-corrected chi connectivity index (χ4v) is 2.01. The minimum absolute atomic E-state index is 0.120. The summed E-state index contributed by atoms with van der Waals surface area (Å²) >= 11 is 0. The van der Waals surface area contributed by atoms with E-state index in [1.165, 1.54) is 6.20 Å². The number of carboxylic acids is 1. The van der Waals surface area contributed by atoms with Gasteiger partial charge in [-0.25, -0.2) is 0 Å². The molecule has 0 bridgehead atoms. The Morgan fingerprint density at radius 2 is 2.19 bits per heavy atom. The van der Waals surface area contributed by atoms with Gasteiger partial charge in [-0.05, 0) is 19.3 Å². The number of hydrogen-bond donors (Lipinski definition) is 3. The number of aliphatic carboxylic acids is 1. The van der Waals surface area contributed by atoms with Gasteiger partial charge in [0.15, 0.2) is 0 Å². The van der Waals surface area contributed by atoms with E-state index in [-0.39, 0.29) is 17.7 Å². The van der Waals surface area contributed by atoms with E-state index in [1.807, 2.05) is 0 Å². The van der Waals surface area contributed by atoms with Crippen molar-refractivity contribution in [2.24, 2.45) is 11.8 Å². The molecule has 6 heteroatoms. The third-order valence-electron chi connectivity index (χ3n) is 2.92. The highest BCUT2D eigenvalue weighted by Crippen LogP contribution is 2.31. The Bertz CT molecular complexity index is 388. The molecule has 1 aliphatic rings. The maximum atomic E-state index is 11.7. The van der Waals surface area contributed by atoms with Crippen LogP contribution < -0.4 is 5.32 Å². The normalized spacial score (nSPS) is 24.2. The van der Waals surface area contributed by atoms with E-state index in [0.29, 0.717) is 24.9 Å². The molecule has 1 fully saturated rings. The van der Waals surface area contributed by atoms with Gasteiger partial charge in [-0.1, -0.05) is 0 Å². The zero-order chi connectivity index (χ0) is 11.5. The lowest BCUT2D eigenvalue weighted by molar-refractivity contribution is -0.141. The van der Waals surface area contributed by atoms with Crippen LogP contribution in [0.3, 0.4) is 0 Å². The van der Waals surface area contributed by atoms with Gasteiger partial charge in [-0.2, -0.15) is 5.10 Å². The number of amides is 1. The molecule has 0 saturated heterocycles. The molecule has 86 valence electrons. The van der Waals surface area contributed by atoms with Crippen LogP contribution in [0, 0.1) is 11.8 Å². The number of H-pyrrole nitrogens is 1. The molecule has 1 saturated carbocycles. The van der Waals surface area contributed by atoms with E-state index in [2.05, 4.69) is 15.5 Å². The van der Waals surface area contributed by atoms with Gasteiger partial charge >= 0.3 is 5.97 Å². The molecule has 1 aliphatic carbocycles. The van der Waals surface area contributed by atoms with Crippen LogP contribution in [0.1, 0.15) is 19.3 Å². The van der Waals surface area contributed by atoms with Crippen molar-refractivity contribution >= 4 is 17.6 Å². The highest BCUT2D eigenvalue weighted by atomic mass is 16.4. The smallest absolute Gasteiger partial charge is 0.306 e. The molecule has 1 amide bonds. The van der Waals surface area contributed by atoms with E-state index < -0.39 is 5.97 Å². The first-order chi connectivity index (χ1) is 7.66. The molecule has 2 rings (SSSR count). The van der Waals surface area contributed by atoms with E-state index in [9.17, 15) is 9.59 Å². The Morgan fingerprint density at radius 1 is 1.44 bits per heavy atom. The number of carbonyl (C=O) groups is 2. The number of aromatic amines is 1. The summed E-state index contributed by atoms with van der Waals surface area (Å²) < 4.78 is 0. The number of hydrogen-bond acceptors (Lipinski definition) is 3. The van der Waals surface area contributed by atoms with Gasteiger partial charge in [0.2, 0.25) is 5.91 Å². The minimum Gasteiger partial charge on any atom is -0.481 e. The number of aromatic nitrogens is 2. The lowest BCUT2D eigenvalue weighted by Gasteiger charge is -2.08. The number of rotatable bonds is 3. The Kier molecular flexibility index (Phi) is 2.89. The first-order valence-electron chi connectivity index (χ1n) is 5.19. The molecule has 0 radical (unpaired) electrons. The SMILES string of the molecule is O=C(O)[C@H]1CC[C@@H](C(=O)Nc2cn[nH]c2)C1. The molecule has 1 aromatic rings. The zero-order valence-corrected chi connectivity index (χ0v) is 8.64. The average Bonchev–Trinajstić information content (AvgIpc) is 2.86. The molecule has 1 heterocycles. The first-order valence-corrected chi connectivity index (χ1v) is 5.19. The van der Waals surface area contributed by atoms with Gasteiger partial charge in [0.05, 0.1) is 17.8 Å². The molecular formula is C10H13N3O3. The van der Waals surface area contributed by atoms with Crippen LogP contribution in [0.25, 0.3) is 0 Å². The quantitative estimate of drug-likeness (QED) is 0.707. The molecule has 0 unspecified atom stereocenters. The Hall–Kier alpha value is -1.85. The van der Waals surface area contributed by atoms with Crippen molar-refractivity contribution in [2.45, 2.75) is 19.3 Å². The molecule has 0 aromatic carbocycles. The largest absolute Gasteiger partial charge is 0.481 e. The van der Waals surface area contributed by atoms with Gasteiger partial charge in [-0.15, -0.1) is 0 Å². The third kappa shape index (κ3) is 2.21. The standard InChI is InChI=1S/C10H13N3O3/c14-9(13-8-4-11-12-5-8)6-1-2-7(3-6)10(15)16/h4-7H,1-3H2,(H,11,12)(H,13,14)(H,15,16)/t6-,7+/m1/s1. The summed E-state index contributed by atoms with van der Waals surface area (Å²) in [5.74, 6) is -1.50. The van der Waals surface area contributed by atoms with Gasteiger partial charge in [0.1, 0.15) is 0 Å². The Morgan fingerprint density at radius 3 is 2.75 bits per heavy atom. The van der Waals surface area contributed by atoms with E-state index in [4.69, 9.17) is 5.11 Å². The number of anilines is 1. The lowest BCUT2D eigenvalue weighted by Crippen LogP contribution is -2.21. The van der Waals surface area contributed by atoms with Crippen molar-refractivity contribution in [1.82, 2.24) is 10.2 Å². The molecule has 16 heavy (non-hydrogen) atoms. The average molecular weight is 223 g/mol. The van der Waals surface area contributed by atoms with E-state index >= 15 is 0 Å². The van der Waals surface area contributed by atoms with E-state index in [0.717, 1.165) is 0 Å². The maximum Gasteiger partial charge on any atom is 0.306 e. The summed E-state index contributed by atoms with van der Waals surface area (Å²) in [6.45, 7) is 0. The number of nitrogens with one attached hydrogen (secondary N) is 2. The molecular weight excluding hydrogens is 210 g/mol. The summed E-state index contributed by atoms with van der Waals surface area (Å²) in [4.78, 5) is 22.5. The number of nitrogens with zero attached hydrogens (tertiary/aromatic N) is 1. The van der Waals surface area contributed by atoms with Crippen LogP contribution in [0.15, 0.2) is 12.4 Å². The topological polar surface area (TPSA) is 95.1 Å². The fourth-order valence-electron chi connectivity index (χ4n) is 2.01. The fraction of sp³-hybridized carbons (Fsp3) is 0.500. The summed E-state index contributed by atoms with van der Waals surface area (Å²) in [5, 5.41) is 17.8. The zero-order valence-electron chi connectivity index (χ0n) is 8.64. The summed E-state index contributed by atoms with van der Waals surface area (Å²) in [6, 6.07) is 0. The maximum absolute atomic E-state index is 11.7. The second-order valence-corrected chi connectivity index (χ2v) is 4.02. The van der Waals surface area contributed by atoms with Crippen molar-refractivity contribution in [3.05, 3.63) is 12.4 Å². The van der Waals surface area contributed by atoms with Gasteiger partial charge in [-0.3, -0.25) is 14.7 Å². The van der Waals surface area contributed by atoms with Crippen molar-refractivity contribution in [2.75, 3.05) is 5.32 Å². The second kappa shape index (κ2) is 4.34. The predicted octanol–water partition coefficient (Wildman–Crippen LogP) is 0.849. The molecule has 3 N–H and O–H groups in total. The first kappa shape index (κ1) is 10.7. The minimum atomic E-state index is -0.807. The molecule has 1 aromatic heterocycles. The molecule has 0 aliphatic heterocycles. The van der Waals surface area contributed by atoms with Crippen molar-refractivity contribution in [3.63, 3.8) is 0 Å². The summed E-state index contributed by atoms with van der Waals surface area (Å²) in [5.41, 5.74) is 0.615. The predicted molar refractivity (Wildman–Crippen MR) is 55.7 cm³/mol. The Labute approximate surface area is 92.0 Å². The van der Waals surface area contributed by atoms with Crippen LogP contribution >= 0.6 is 0 Å². The second-order valence-electron chi connectivity index (χ2n) is 4.02. The monoisotopic (exact) mass is 223 g/mol. The highest BCUT2D eigenvalue weighted by Gasteiger charge is 2.33. The van der Waals surface area contributed by atoms with Crippen LogP contribution in [0.5, 0.6) is 0 Å². The Balaban J connectivity index is 1.90. The van der Waals surface area contributed by atoms with Crippen LogP contribution in [-0.2, 0) is 9.59 Å². The van der Waals surface area contributed by atoms with Crippen LogP contribution in [0.2, 0.25) is 0 Å². The third-order valence-corrected chi connectivity index (χ3v) is 2.92.